The standard InChI is InChI=1S/C50H72N2O7/c1-29(2)40-35(55)26-50(52-43(57)44(4,5)25-32(54)23-31-14-13-30(3)51-27-31)22-21-48(11)33(41(40)50)15-16-37-47(10)19-18-38(46(8,9)36(47)17-20-49(37,48)12)59-42(56)34-24-39(58-28-53)45(34,6)7/h13-14,27-29,33-34,36-39H,15-26H2,1-12H3,(H,52,57)/t33-,34-,36+,37-,38+,39-,47+,48-,49-,50-/m1/s1. The lowest BCUT2D eigenvalue weighted by Gasteiger charge is -2.72. The van der Waals surface area contributed by atoms with E-state index in [0.29, 0.717) is 37.6 Å². The first-order chi connectivity index (χ1) is 27.4. The predicted octanol–water partition coefficient (Wildman–Crippen LogP) is 9.27. The van der Waals surface area contributed by atoms with E-state index in [4.69, 9.17) is 9.47 Å². The Labute approximate surface area is 353 Å². The summed E-state index contributed by atoms with van der Waals surface area (Å²) in [6.45, 7) is 26.6. The molecule has 9 heteroatoms. The van der Waals surface area contributed by atoms with E-state index in [2.05, 4.69) is 58.8 Å². The summed E-state index contributed by atoms with van der Waals surface area (Å²) in [6, 6.07) is 3.83. The second kappa shape index (κ2) is 14.6. The van der Waals surface area contributed by atoms with Gasteiger partial charge in [0.05, 0.1) is 16.9 Å². The second-order valence-corrected chi connectivity index (χ2v) is 22.9. The van der Waals surface area contributed by atoms with Crippen molar-refractivity contribution >= 4 is 29.9 Å². The smallest absolute Gasteiger partial charge is 0.310 e. The molecule has 6 aliphatic carbocycles. The summed E-state index contributed by atoms with van der Waals surface area (Å²) < 4.78 is 11.7. The normalized spacial score (nSPS) is 38.2. The maximum absolute atomic E-state index is 14.4. The van der Waals surface area contributed by atoms with Gasteiger partial charge >= 0.3 is 5.97 Å². The van der Waals surface area contributed by atoms with Crippen LogP contribution in [0.3, 0.4) is 0 Å². The van der Waals surface area contributed by atoms with E-state index in [1.807, 2.05) is 46.8 Å². The summed E-state index contributed by atoms with van der Waals surface area (Å²) in [5.74, 6) is 0.618. The van der Waals surface area contributed by atoms with Gasteiger partial charge in [0.1, 0.15) is 18.0 Å². The number of amides is 1. The van der Waals surface area contributed by atoms with Gasteiger partial charge in [-0.05, 0) is 127 Å². The lowest BCUT2D eigenvalue weighted by atomic mass is 9.33. The van der Waals surface area contributed by atoms with Gasteiger partial charge in [0.25, 0.3) is 6.47 Å². The number of hydrogen-bond donors (Lipinski definition) is 1. The number of ether oxygens (including phenoxy) is 2. The van der Waals surface area contributed by atoms with Gasteiger partial charge in [0.15, 0.2) is 5.78 Å². The van der Waals surface area contributed by atoms with Crippen LogP contribution in [0.5, 0.6) is 0 Å². The summed E-state index contributed by atoms with van der Waals surface area (Å²) in [5.41, 5.74) is 1.50. The Morgan fingerprint density at radius 2 is 1.61 bits per heavy atom. The Hall–Kier alpha value is -3.36. The Balaban J connectivity index is 1.11. The van der Waals surface area contributed by atoms with E-state index in [0.717, 1.165) is 61.8 Å². The van der Waals surface area contributed by atoms with Gasteiger partial charge in [-0.2, -0.15) is 0 Å². The third-order valence-corrected chi connectivity index (χ3v) is 18.3. The first kappa shape index (κ1) is 43.7. The average Bonchev–Trinajstić information content (AvgIpc) is 3.43. The molecule has 324 valence electrons. The molecule has 59 heavy (non-hydrogen) atoms. The summed E-state index contributed by atoms with van der Waals surface area (Å²) in [6.07, 6.45) is 10.0. The Morgan fingerprint density at radius 1 is 0.898 bits per heavy atom. The first-order valence-electron chi connectivity index (χ1n) is 22.7. The minimum Gasteiger partial charge on any atom is -0.464 e. The van der Waals surface area contributed by atoms with Crippen molar-refractivity contribution in [2.45, 2.75) is 178 Å². The molecule has 0 radical (unpaired) electrons. The van der Waals surface area contributed by atoms with E-state index in [1.54, 1.807) is 6.20 Å². The molecular weight excluding hydrogens is 741 g/mol. The molecule has 0 unspecified atom stereocenters. The predicted molar refractivity (Wildman–Crippen MR) is 227 cm³/mol. The molecule has 9 nitrogen and oxygen atoms in total. The number of pyridine rings is 1. The van der Waals surface area contributed by atoms with Crippen LogP contribution in [0.15, 0.2) is 29.5 Å². The van der Waals surface area contributed by atoms with E-state index in [9.17, 15) is 24.0 Å². The number of carbonyl (C=O) groups is 5. The Morgan fingerprint density at radius 3 is 2.24 bits per heavy atom. The van der Waals surface area contributed by atoms with Crippen molar-refractivity contribution in [1.29, 1.82) is 0 Å². The lowest BCUT2D eigenvalue weighted by molar-refractivity contribution is -0.236. The fraction of sp³-hybridized carbons (Fsp3) is 0.760. The van der Waals surface area contributed by atoms with Gasteiger partial charge in [-0.3, -0.25) is 29.0 Å². The highest BCUT2D eigenvalue weighted by atomic mass is 16.6. The molecule has 5 fully saturated rings. The Bertz CT molecular complexity index is 1930. The maximum Gasteiger partial charge on any atom is 0.310 e. The zero-order chi connectivity index (χ0) is 43.3. The number of aryl methyl sites for hydroxylation is 1. The van der Waals surface area contributed by atoms with Crippen LogP contribution in [-0.2, 0) is 39.9 Å². The summed E-state index contributed by atoms with van der Waals surface area (Å²) in [7, 11) is 0. The number of Topliss-reactive ketones (excluding diaryl/α,β-unsaturated/α-hetero) is 2. The number of ketones is 2. The largest absolute Gasteiger partial charge is 0.464 e. The number of nitrogens with one attached hydrogen (secondary N) is 1. The van der Waals surface area contributed by atoms with Crippen molar-refractivity contribution < 1.29 is 33.4 Å². The fourth-order valence-corrected chi connectivity index (χ4v) is 14.6. The van der Waals surface area contributed by atoms with Crippen molar-refractivity contribution in [3.63, 3.8) is 0 Å². The molecule has 0 aliphatic heterocycles. The quantitative estimate of drug-likeness (QED) is 0.173. The first-order valence-corrected chi connectivity index (χ1v) is 22.7. The molecule has 0 saturated heterocycles. The molecule has 0 aromatic carbocycles. The van der Waals surface area contributed by atoms with Crippen LogP contribution < -0.4 is 5.32 Å². The van der Waals surface area contributed by atoms with Crippen LogP contribution in [-0.4, -0.2) is 52.6 Å². The number of carbonyl (C=O) groups excluding carboxylic acids is 5. The van der Waals surface area contributed by atoms with Crippen molar-refractivity contribution in [2.75, 3.05) is 0 Å². The maximum atomic E-state index is 14.4. The van der Waals surface area contributed by atoms with Gasteiger partial charge in [-0.25, -0.2) is 0 Å². The molecule has 7 rings (SSSR count). The van der Waals surface area contributed by atoms with Gasteiger partial charge < -0.3 is 14.8 Å². The zero-order valence-corrected chi connectivity index (χ0v) is 38.1. The van der Waals surface area contributed by atoms with E-state index < -0.39 is 16.4 Å². The minimum atomic E-state index is -0.947. The number of nitrogens with zero attached hydrogens (tertiary/aromatic N) is 1. The lowest BCUT2D eigenvalue weighted by Crippen LogP contribution is -2.67. The third-order valence-electron chi connectivity index (χ3n) is 18.3. The molecule has 1 aromatic rings. The van der Waals surface area contributed by atoms with Crippen LogP contribution in [0.4, 0.5) is 0 Å². The van der Waals surface area contributed by atoms with Crippen molar-refractivity contribution in [3.8, 4) is 0 Å². The van der Waals surface area contributed by atoms with Crippen LogP contribution in [0, 0.1) is 69.0 Å². The molecule has 10 atom stereocenters. The highest BCUT2D eigenvalue weighted by Crippen LogP contribution is 2.76. The van der Waals surface area contributed by atoms with Crippen molar-refractivity contribution in [3.05, 3.63) is 40.7 Å². The minimum absolute atomic E-state index is 0.00184. The van der Waals surface area contributed by atoms with Crippen LogP contribution in [0.25, 0.3) is 0 Å². The number of rotatable bonds is 11. The number of fused-ring (bicyclic) bond motifs is 7. The second-order valence-electron chi connectivity index (χ2n) is 22.9. The fourth-order valence-electron chi connectivity index (χ4n) is 14.6. The molecule has 1 aromatic heterocycles. The van der Waals surface area contributed by atoms with Gasteiger partial charge in [-0.15, -0.1) is 0 Å². The highest BCUT2D eigenvalue weighted by Gasteiger charge is 2.70. The molecular formula is C50H72N2O7. The van der Waals surface area contributed by atoms with Crippen LogP contribution in [0.1, 0.15) is 158 Å². The average molecular weight is 813 g/mol. The van der Waals surface area contributed by atoms with E-state index in [-0.39, 0.29) is 87.9 Å². The number of aromatic nitrogens is 1. The molecule has 1 amide bonds. The SMILES string of the molecule is Cc1ccc(CC(=O)CC(C)(C)C(=O)N[C@@]23CC[C@]4(C)[C@H](CC[C@@H]5[C@@]6(C)CC[C@H](OC(=O)[C@H]7C[C@@H](OC=O)C7(C)C)C(C)(C)[C@@H]6CC[C@]54C)C2=C(C(C)C)C(=O)C3)cn1. The Kier molecular flexibility index (Phi) is 10.8. The number of esters is 1. The zero-order valence-electron chi connectivity index (χ0n) is 38.1. The topological polar surface area (TPSA) is 129 Å². The molecule has 1 N–H and O–H groups in total. The van der Waals surface area contributed by atoms with Gasteiger partial charge in [0.2, 0.25) is 5.91 Å². The molecule has 6 aliphatic rings. The monoisotopic (exact) mass is 813 g/mol. The van der Waals surface area contributed by atoms with E-state index in [1.165, 1.54) is 5.57 Å². The third kappa shape index (κ3) is 6.76. The molecule has 0 bridgehead atoms. The summed E-state index contributed by atoms with van der Waals surface area (Å²) in [4.78, 5) is 71.1. The summed E-state index contributed by atoms with van der Waals surface area (Å²) >= 11 is 0. The van der Waals surface area contributed by atoms with E-state index >= 15 is 0 Å². The molecule has 5 saturated carbocycles. The van der Waals surface area contributed by atoms with Crippen molar-refractivity contribution in [1.82, 2.24) is 10.3 Å². The molecule has 1 heterocycles. The molecule has 0 spiro atoms. The van der Waals surface area contributed by atoms with Crippen LogP contribution >= 0.6 is 0 Å². The summed E-state index contributed by atoms with van der Waals surface area (Å²) in [5, 5.41) is 3.53. The van der Waals surface area contributed by atoms with Crippen LogP contribution in [0.2, 0.25) is 0 Å². The highest BCUT2D eigenvalue weighted by molar-refractivity contribution is 6.02. The number of hydrogen-bond acceptors (Lipinski definition) is 8. The van der Waals surface area contributed by atoms with Crippen molar-refractivity contribution in [2.24, 2.45) is 62.1 Å². The van der Waals surface area contributed by atoms with Gasteiger partial charge in [0, 0.05) is 42.0 Å². The number of allylic oxidation sites excluding steroid dienone is 1. The van der Waals surface area contributed by atoms with Gasteiger partial charge in [-0.1, -0.05) is 82.2 Å².